The fourth-order valence-corrected chi connectivity index (χ4v) is 2.38. The summed E-state index contributed by atoms with van der Waals surface area (Å²) in [6.07, 6.45) is 4.28. The summed E-state index contributed by atoms with van der Waals surface area (Å²) in [6, 6.07) is 6.05. The number of anilines is 2. The van der Waals surface area contributed by atoms with Gasteiger partial charge in [0.15, 0.2) is 5.13 Å². The van der Waals surface area contributed by atoms with Crippen molar-refractivity contribution in [1.82, 2.24) is 15.3 Å². The maximum atomic E-state index is 11.7. The second-order valence-electron chi connectivity index (χ2n) is 4.50. The summed E-state index contributed by atoms with van der Waals surface area (Å²) >= 11 is 1.48. The molecule has 0 spiro atoms. The number of nitrogens with zero attached hydrogens (tertiary/aromatic N) is 2. The van der Waals surface area contributed by atoms with E-state index in [-0.39, 0.29) is 5.91 Å². The van der Waals surface area contributed by atoms with E-state index in [1.165, 1.54) is 11.3 Å². The molecular weight excluding hydrogens is 260 g/mol. The van der Waals surface area contributed by atoms with Crippen LogP contribution >= 0.6 is 11.3 Å². The van der Waals surface area contributed by atoms with E-state index in [1.54, 1.807) is 6.20 Å². The molecule has 3 rings (SSSR count). The van der Waals surface area contributed by atoms with Crippen molar-refractivity contribution in [3.8, 4) is 0 Å². The number of hydrogen-bond acceptors (Lipinski definition) is 5. The number of pyridine rings is 1. The summed E-state index contributed by atoms with van der Waals surface area (Å²) in [4.78, 5) is 20.2. The van der Waals surface area contributed by atoms with Crippen LogP contribution in [0.1, 0.15) is 18.5 Å². The van der Waals surface area contributed by atoms with Crippen molar-refractivity contribution >= 4 is 28.2 Å². The van der Waals surface area contributed by atoms with Crippen LogP contribution in [0.5, 0.6) is 0 Å². The topological polar surface area (TPSA) is 66.9 Å². The number of rotatable bonds is 5. The molecule has 0 aliphatic heterocycles. The molecule has 5 nitrogen and oxygen atoms in total. The van der Waals surface area contributed by atoms with Crippen molar-refractivity contribution in [2.24, 2.45) is 0 Å². The molecular formula is C13H14N4OS. The first-order chi connectivity index (χ1) is 9.29. The van der Waals surface area contributed by atoms with Gasteiger partial charge in [0.2, 0.25) is 5.91 Å². The molecule has 1 aliphatic rings. The van der Waals surface area contributed by atoms with Crippen LogP contribution in [-0.2, 0) is 11.2 Å². The molecule has 1 saturated carbocycles. The zero-order valence-corrected chi connectivity index (χ0v) is 11.1. The molecule has 0 bridgehead atoms. The van der Waals surface area contributed by atoms with E-state index in [0.29, 0.717) is 12.5 Å². The van der Waals surface area contributed by atoms with Gasteiger partial charge in [-0.25, -0.2) is 9.97 Å². The van der Waals surface area contributed by atoms with Gasteiger partial charge in [-0.05, 0) is 25.0 Å². The van der Waals surface area contributed by atoms with Gasteiger partial charge >= 0.3 is 0 Å². The van der Waals surface area contributed by atoms with Gasteiger partial charge in [0.1, 0.15) is 5.82 Å². The molecule has 2 heterocycles. The molecule has 6 heteroatoms. The molecule has 2 N–H and O–H groups in total. The van der Waals surface area contributed by atoms with E-state index in [1.807, 2.05) is 23.6 Å². The molecule has 98 valence electrons. The highest BCUT2D eigenvalue weighted by Gasteiger charge is 2.23. The lowest BCUT2D eigenvalue weighted by Crippen LogP contribution is -2.27. The lowest BCUT2D eigenvalue weighted by molar-refractivity contribution is -0.120. The maximum Gasteiger partial charge on any atom is 0.226 e. The molecule has 1 fully saturated rings. The molecule has 0 atom stereocenters. The average molecular weight is 274 g/mol. The number of aromatic nitrogens is 2. The summed E-state index contributed by atoms with van der Waals surface area (Å²) in [5.74, 6) is 0.808. The normalized spacial score (nSPS) is 14.1. The first-order valence-electron chi connectivity index (χ1n) is 6.21. The summed E-state index contributed by atoms with van der Waals surface area (Å²) in [6.45, 7) is 0. The Bertz CT molecular complexity index is 565. The van der Waals surface area contributed by atoms with Gasteiger partial charge in [-0.2, -0.15) is 0 Å². The minimum atomic E-state index is 0.0530. The third-order valence-electron chi connectivity index (χ3n) is 2.74. The van der Waals surface area contributed by atoms with Crippen LogP contribution in [0, 0.1) is 0 Å². The molecule has 2 aromatic rings. The Hall–Kier alpha value is -1.95. The fraction of sp³-hybridized carbons (Fsp3) is 0.308. The Morgan fingerprint density at radius 1 is 1.42 bits per heavy atom. The van der Waals surface area contributed by atoms with Crippen LogP contribution < -0.4 is 10.6 Å². The van der Waals surface area contributed by atoms with Crippen molar-refractivity contribution in [1.29, 1.82) is 0 Å². The molecule has 1 amide bonds. The van der Waals surface area contributed by atoms with E-state index in [9.17, 15) is 4.79 Å². The molecule has 2 aromatic heterocycles. The van der Waals surface area contributed by atoms with Crippen molar-refractivity contribution in [3.05, 3.63) is 35.5 Å². The largest absolute Gasteiger partial charge is 0.353 e. The van der Waals surface area contributed by atoms with Crippen molar-refractivity contribution in [2.45, 2.75) is 25.3 Å². The molecule has 19 heavy (non-hydrogen) atoms. The van der Waals surface area contributed by atoms with E-state index >= 15 is 0 Å². The Balaban J connectivity index is 1.58. The van der Waals surface area contributed by atoms with Gasteiger partial charge in [-0.1, -0.05) is 6.07 Å². The lowest BCUT2D eigenvalue weighted by Gasteiger charge is -2.01. The van der Waals surface area contributed by atoms with Crippen molar-refractivity contribution < 1.29 is 4.79 Å². The van der Waals surface area contributed by atoms with E-state index in [2.05, 4.69) is 20.6 Å². The van der Waals surface area contributed by atoms with Crippen LogP contribution in [0.15, 0.2) is 29.8 Å². The van der Waals surface area contributed by atoms with E-state index < -0.39 is 0 Å². The van der Waals surface area contributed by atoms with Gasteiger partial charge in [0, 0.05) is 17.6 Å². The molecule has 0 aromatic carbocycles. The number of amides is 1. The minimum Gasteiger partial charge on any atom is -0.353 e. The van der Waals surface area contributed by atoms with Gasteiger partial charge < -0.3 is 10.6 Å². The van der Waals surface area contributed by atoms with E-state index in [0.717, 1.165) is 29.5 Å². The third kappa shape index (κ3) is 3.51. The zero-order chi connectivity index (χ0) is 13.1. The van der Waals surface area contributed by atoms with Gasteiger partial charge in [0.25, 0.3) is 0 Å². The third-order valence-corrected chi connectivity index (χ3v) is 3.54. The number of carbonyl (C=O) groups is 1. The second kappa shape index (κ2) is 5.36. The minimum absolute atomic E-state index is 0.0530. The molecule has 1 aliphatic carbocycles. The number of thiazole rings is 1. The Kier molecular flexibility index (Phi) is 3.41. The highest BCUT2D eigenvalue weighted by molar-refractivity contribution is 7.13. The Labute approximate surface area is 115 Å². The van der Waals surface area contributed by atoms with Crippen molar-refractivity contribution in [3.63, 3.8) is 0 Å². The van der Waals surface area contributed by atoms with Crippen LogP contribution in [0.3, 0.4) is 0 Å². The van der Waals surface area contributed by atoms with Gasteiger partial charge in [-0.15, -0.1) is 11.3 Å². The van der Waals surface area contributed by atoms with Gasteiger partial charge in [0.05, 0.1) is 12.1 Å². The van der Waals surface area contributed by atoms with Crippen molar-refractivity contribution in [2.75, 3.05) is 5.32 Å². The summed E-state index contributed by atoms with van der Waals surface area (Å²) in [7, 11) is 0. The van der Waals surface area contributed by atoms with Crippen LogP contribution in [0.4, 0.5) is 10.9 Å². The molecule has 0 saturated heterocycles. The highest BCUT2D eigenvalue weighted by atomic mass is 32.1. The Morgan fingerprint density at radius 2 is 2.32 bits per heavy atom. The summed E-state index contributed by atoms with van der Waals surface area (Å²) in [5, 5.41) is 8.73. The van der Waals surface area contributed by atoms with Gasteiger partial charge in [-0.3, -0.25) is 4.79 Å². The first-order valence-corrected chi connectivity index (χ1v) is 7.09. The number of nitrogens with one attached hydrogen (secondary N) is 2. The predicted octanol–water partition coefficient (Wildman–Crippen LogP) is 2.10. The first kappa shape index (κ1) is 12.1. The predicted molar refractivity (Wildman–Crippen MR) is 74.5 cm³/mol. The fourth-order valence-electron chi connectivity index (χ4n) is 1.66. The SMILES string of the molecule is O=C(Cc1csc(Nc2ccccn2)n1)NC1CC1. The molecule has 0 unspecified atom stereocenters. The quantitative estimate of drug-likeness (QED) is 0.876. The Morgan fingerprint density at radius 3 is 3.05 bits per heavy atom. The monoisotopic (exact) mass is 274 g/mol. The smallest absolute Gasteiger partial charge is 0.226 e. The maximum absolute atomic E-state index is 11.7. The highest BCUT2D eigenvalue weighted by Crippen LogP contribution is 2.21. The second-order valence-corrected chi connectivity index (χ2v) is 5.36. The standard InChI is InChI=1S/C13H14N4OS/c18-12(15-9-4-5-9)7-10-8-19-13(16-10)17-11-3-1-2-6-14-11/h1-3,6,8-9H,4-5,7H2,(H,15,18)(H,14,16,17). The summed E-state index contributed by atoms with van der Waals surface area (Å²) in [5.41, 5.74) is 0.793. The lowest BCUT2D eigenvalue weighted by atomic mass is 10.3. The van der Waals surface area contributed by atoms with Crippen LogP contribution in [0.25, 0.3) is 0 Å². The summed E-state index contributed by atoms with van der Waals surface area (Å²) < 4.78 is 0. The average Bonchev–Trinajstić information content (AvgIpc) is 3.11. The van der Waals surface area contributed by atoms with E-state index in [4.69, 9.17) is 0 Å². The zero-order valence-electron chi connectivity index (χ0n) is 10.3. The number of hydrogen-bond donors (Lipinski definition) is 2. The van der Waals surface area contributed by atoms with Crippen LogP contribution in [0.2, 0.25) is 0 Å². The van der Waals surface area contributed by atoms with Crippen LogP contribution in [-0.4, -0.2) is 21.9 Å². The molecule has 0 radical (unpaired) electrons. The number of carbonyl (C=O) groups excluding carboxylic acids is 1.